The Labute approximate surface area is 166 Å². The summed E-state index contributed by atoms with van der Waals surface area (Å²) in [5, 5.41) is 0. The van der Waals surface area contributed by atoms with Crippen LogP contribution in [0.4, 0.5) is 5.82 Å². The second-order valence-electron chi connectivity index (χ2n) is 6.34. The Balaban J connectivity index is 1.69. The third-order valence-corrected chi connectivity index (χ3v) is 6.34. The van der Waals surface area contributed by atoms with Crippen molar-refractivity contribution in [2.24, 2.45) is 0 Å². The van der Waals surface area contributed by atoms with Gasteiger partial charge < -0.3 is 14.4 Å². The van der Waals surface area contributed by atoms with E-state index in [1.165, 1.54) is 4.31 Å². The highest BCUT2D eigenvalue weighted by molar-refractivity contribution is 7.89. The topological polar surface area (TPSA) is 84.9 Å². The monoisotopic (exact) mass is 406 g/mol. The fourth-order valence-corrected chi connectivity index (χ4v) is 4.51. The number of hydrogen-bond acceptors (Lipinski definition) is 7. The molecule has 2 heterocycles. The molecule has 0 radical (unpaired) electrons. The number of aryl methyl sites for hydroxylation is 1. The fraction of sp³-hybridized carbons (Fsp3) is 0.474. The van der Waals surface area contributed by atoms with Crippen LogP contribution in [0.2, 0.25) is 0 Å². The van der Waals surface area contributed by atoms with Gasteiger partial charge in [0.15, 0.2) is 0 Å². The van der Waals surface area contributed by atoms with E-state index >= 15 is 0 Å². The molecule has 0 bridgehead atoms. The summed E-state index contributed by atoms with van der Waals surface area (Å²) in [6.45, 7) is 8.58. The normalized spacial score (nSPS) is 15.5. The van der Waals surface area contributed by atoms with E-state index in [9.17, 15) is 8.42 Å². The Kier molecular flexibility index (Phi) is 6.35. The summed E-state index contributed by atoms with van der Waals surface area (Å²) < 4.78 is 38.2. The lowest BCUT2D eigenvalue weighted by Crippen LogP contribution is -2.49. The number of hydrogen-bond donors (Lipinski definition) is 0. The lowest BCUT2D eigenvalue weighted by atomic mass is 10.3. The quantitative estimate of drug-likeness (QED) is 0.696. The van der Waals surface area contributed by atoms with Crippen LogP contribution >= 0.6 is 0 Å². The molecule has 1 aliphatic rings. The van der Waals surface area contributed by atoms with Crippen LogP contribution in [0.3, 0.4) is 0 Å². The molecule has 1 aromatic carbocycles. The Morgan fingerprint density at radius 2 is 1.61 bits per heavy atom. The Hall–Kier alpha value is -2.39. The lowest BCUT2D eigenvalue weighted by molar-refractivity contribution is 0.325. The van der Waals surface area contributed by atoms with Gasteiger partial charge >= 0.3 is 0 Å². The first-order valence-corrected chi connectivity index (χ1v) is 10.8. The molecule has 0 atom stereocenters. The third kappa shape index (κ3) is 4.53. The number of anilines is 1. The van der Waals surface area contributed by atoms with Crippen molar-refractivity contribution < 1.29 is 17.9 Å². The maximum atomic E-state index is 12.9. The molecule has 3 rings (SSSR count). The van der Waals surface area contributed by atoms with Gasteiger partial charge in [0.2, 0.25) is 15.9 Å². The first-order valence-electron chi connectivity index (χ1n) is 9.40. The predicted molar refractivity (Wildman–Crippen MR) is 107 cm³/mol. The largest absolute Gasteiger partial charge is 0.494 e. The highest BCUT2D eigenvalue weighted by atomic mass is 32.2. The van der Waals surface area contributed by atoms with Crippen LogP contribution < -0.4 is 14.4 Å². The molecule has 2 aromatic rings. The number of benzene rings is 1. The van der Waals surface area contributed by atoms with Gasteiger partial charge in [-0.05, 0) is 45.0 Å². The van der Waals surface area contributed by atoms with E-state index in [1.54, 1.807) is 30.3 Å². The van der Waals surface area contributed by atoms with Gasteiger partial charge in [0.25, 0.3) is 0 Å². The molecule has 0 aliphatic carbocycles. The SMILES string of the molecule is CCOc1ccc(S(=O)(=O)N2CCN(c3cc(OCC)nc(C)n3)CC2)cc1. The van der Waals surface area contributed by atoms with Crippen LogP contribution in [0.15, 0.2) is 35.2 Å². The standard InChI is InChI=1S/C19H26N4O4S/c1-4-26-16-6-8-17(9-7-16)28(24,25)23-12-10-22(11-13-23)18-14-19(27-5-2)21-15(3)20-18/h6-9,14H,4-5,10-13H2,1-3H3. The average Bonchev–Trinajstić information content (AvgIpc) is 2.69. The zero-order valence-corrected chi connectivity index (χ0v) is 17.3. The molecular formula is C19H26N4O4S. The van der Waals surface area contributed by atoms with Gasteiger partial charge in [-0.25, -0.2) is 13.4 Å². The average molecular weight is 407 g/mol. The number of rotatable bonds is 7. The van der Waals surface area contributed by atoms with Crippen molar-refractivity contribution >= 4 is 15.8 Å². The number of sulfonamides is 1. The zero-order chi connectivity index (χ0) is 20.1. The molecule has 1 aromatic heterocycles. The molecular weight excluding hydrogens is 380 g/mol. The Morgan fingerprint density at radius 3 is 2.21 bits per heavy atom. The number of ether oxygens (including phenoxy) is 2. The minimum Gasteiger partial charge on any atom is -0.494 e. The molecule has 1 fully saturated rings. The first kappa shape index (κ1) is 20.3. The van der Waals surface area contributed by atoms with Crippen LogP contribution in [0.5, 0.6) is 11.6 Å². The predicted octanol–water partition coefficient (Wildman–Crippen LogP) is 2.09. The molecule has 0 amide bonds. The van der Waals surface area contributed by atoms with E-state index < -0.39 is 10.0 Å². The summed E-state index contributed by atoms with van der Waals surface area (Å²) in [5.74, 6) is 2.59. The summed E-state index contributed by atoms with van der Waals surface area (Å²) in [5.41, 5.74) is 0. The van der Waals surface area contributed by atoms with Crippen LogP contribution in [0.1, 0.15) is 19.7 Å². The number of piperazine rings is 1. The van der Waals surface area contributed by atoms with Gasteiger partial charge in [0.05, 0.1) is 18.1 Å². The second kappa shape index (κ2) is 8.74. The summed E-state index contributed by atoms with van der Waals surface area (Å²) in [4.78, 5) is 11.1. The van der Waals surface area contributed by atoms with E-state index in [1.807, 2.05) is 20.8 Å². The maximum absolute atomic E-state index is 12.9. The van der Waals surface area contributed by atoms with Crippen molar-refractivity contribution in [2.75, 3.05) is 44.3 Å². The molecule has 0 N–H and O–H groups in total. The number of nitrogens with zero attached hydrogens (tertiary/aromatic N) is 4. The van der Waals surface area contributed by atoms with Gasteiger partial charge in [0, 0.05) is 32.2 Å². The van der Waals surface area contributed by atoms with Crippen molar-refractivity contribution in [3.05, 3.63) is 36.2 Å². The van der Waals surface area contributed by atoms with Gasteiger partial charge in [-0.3, -0.25) is 0 Å². The smallest absolute Gasteiger partial charge is 0.243 e. The lowest BCUT2D eigenvalue weighted by Gasteiger charge is -2.34. The molecule has 0 unspecified atom stereocenters. The molecule has 0 spiro atoms. The molecule has 152 valence electrons. The van der Waals surface area contributed by atoms with Crippen molar-refractivity contribution in [3.8, 4) is 11.6 Å². The van der Waals surface area contributed by atoms with Gasteiger partial charge in [0.1, 0.15) is 17.4 Å². The first-order chi connectivity index (χ1) is 13.4. The third-order valence-electron chi connectivity index (χ3n) is 4.43. The molecule has 0 saturated carbocycles. The fourth-order valence-electron chi connectivity index (χ4n) is 3.09. The Bertz CT molecular complexity index is 895. The van der Waals surface area contributed by atoms with Gasteiger partial charge in [-0.15, -0.1) is 0 Å². The van der Waals surface area contributed by atoms with Gasteiger partial charge in [-0.2, -0.15) is 9.29 Å². The Morgan fingerprint density at radius 1 is 0.964 bits per heavy atom. The minimum atomic E-state index is -3.53. The second-order valence-corrected chi connectivity index (χ2v) is 8.28. The summed E-state index contributed by atoms with van der Waals surface area (Å²) in [6, 6.07) is 8.36. The van der Waals surface area contributed by atoms with E-state index in [-0.39, 0.29) is 4.90 Å². The molecule has 9 heteroatoms. The summed E-state index contributed by atoms with van der Waals surface area (Å²) >= 11 is 0. The van der Waals surface area contributed by atoms with Crippen molar-refractivity contribution in [2.45, 2.75) is 25.7 Å². The summed E-state index contributed by atoms with van der Waals surface area (Å²) in [7, 11) is -3.53. The van der Waals surface area contributed by atoms with Crippen molar-refractivity contribution in [3.63, 3.8) is 0 Å². The van der Waals surface area contributed by atoms with Crippen molar-refractivity contribution in [1.29, 1.82) is 0 Å². The zero-order valence-electron chi connectivity index (χ0n) is 16.5. The molecule has 28 heavy (non-hydrogen) atoms. The van der Waals surface area contributed by atoms with Crippen LogP contribution in [0.25, 0.3) is 0 Å². The highest BCUT2D eigenvalue weighted by Crippen LogP contribution is 2.23. The number of aromatic nitrogens is 2. The minimum absolute atomic E-state index is 0.279. The molecule has 1 aliphatic heterocycles. The van der Waals surface area contributed by atoms with Crippen LogP contribution in [-0.4, -0.2) is 62.1 Å². The molecule has 1 saturated heterocycles. The highest BCUT2D eigenvalue weighted by Gasteiger charge is 2.29. The summed E-state index contributed by atoms with van der Waals surface area (Å²) in [6.07, 6.45) is 0. The van der Waals surface area contributed by atoms with E-state index in [4.69, 9.17) is 9.47 Å². The van der Waals surface area contributed by atoms with Crippen LogP contribution in [0, 0.1) is 6.92 Å². The molecule has 8 nitrogen and oxygen atoms in total. The van der Waals surface area contributed by atoms with Gasteiger partial charge in [-0.1, -0.05) is 0 Å². The van der Waals surface area contributed by atoms with Crippen molar-refractivity contribution in [1.82, 2.24) is 14.3 Å². The maximum Gasteiger partial charge on any atom is 0.243 e. The van der Waals surface area contributed by atoms with E-state index in [0.717, 1.165) is 5.82 Å². The van der Waals surface area contributed by atoms with Crippen LogP contribution in [-0.2, 0) is 10.0 Å². The van der Waals surface area contributed by atoms with E-state index in [2.05, 4.69) is 14.9 Å². The van der Waals surface area contributed by atoms with E-state index in [0.29, 0.717) is 56.8 Å².